The standard InChI is InChI=1S/C15H16F2N2O3/c1-3-6-20-13-7-10(4-5-12(13)21-14(16)17)11-8-15(2,9-18)22-19-11/h4-5,7-8,14,19H,3,6H2,1-2H3. The quantitative estimate of drug-likeness (QED) is 0.874. The van der Waals surface area contributed by atoms with Gasteiger partial charge in [-0.25, -0.2) is 0 Å². The van der Waals surface area contributed by atoms with Gasteiger partial charge in [0.25, 0.3) is 0 Å². The van der Waals surface area contributed by atoms with E-state index in [0.29, 0.717) is 17.9 Å². The van der Waals surface area contributed by atoms with E-state index in [4.69, 9.17) is 14.8 Å². The van der Waals surface area contributed by atoms with E-state index in [-0.39, 0.29) is 11.5 Å². The number of hydrogen-bond acceptors (Lipinski definition) is 5. The zero-order valence-electron chi connectivity index (χ0n) is 12.2. The van der Waals surface area contributed by atoms with Crippen LogP contribution < -0.4 is 15.0 Å². The van der Waals surface area contributed by atoms with Crippen molar-refractivity contribution in [3.05, 3.63) is 29.8 Å². The number of nitrogens with zero attached hydrogens (tertiary/aromatic N) is 1. The van der Waals surface area contributed by atoms with Gasteiger partial charge in [-0.2, -0.15) is 14.0 Å². The van der Waals surface area contributed by atoms with Crippen molar-refractivity contribution in [3.63, 3.8) is 0 Å². The van der Waals surface area contributed by atoms with E-state index >= 15 is 0 Å². The molecule has 0 saturated heterocycles. The summed E-state index contributed by atoms with van der Waals surface area (Å²) in [6, 6.07) is 6.56. The molecule has 0 bridgehead atoms. The Morgan fingerprint density at radius 1 is 1.41 bits per heavy atom. The second kappa shape index (κ2) is 6.62. The van der Waals surface area contributed by atoms with Crippen molar-refractivity contribution in [2.45, 2.75) is 32.5 Å². The van der Waals surface area contributed by atoms with Crippen LogP contribution in [0.15, 0.2) is 24.3 Å². The molecule has 1 aliphatic heterocycles. The molecule has 1 aliphatic rings. The lowest BCUT2D eigenvalue weighted by Crippen LogP contribution is -2.22. The predicted molar refractivity (Wildman–Crippen MR) is 75.1 cm³/mol. The molecule has 22 heavy (non-hydrogen) atoms. The van der Waals surface area contributed by atoms with E-state index in [1.54, 1.807) is 25.1 Å². The van der Waals surface area contributed by atoms with Gasteiger partial charge in [0.2, 0.25) is 0 Å². The lowest BCUT2D eigenvalue weighted by atomic mass is 10.1. The molecule has 2 rings (SSSR count). The lowest BCUT2D eigenvalue weighted by molar-refractivity contribution is -0.0515. The maximum atomic E-state index is 12.4. The summed E-state index contributed by atoms with van der Waals surface area (Å²) < 4.78 is 34.7. The molecule has 0 amide bonds. The number of benzene rings is 1. The van der Waals surface area contributed by atoms with Gasteiger partial charge in [0.1, 0.15) is 6.07 Å². The van der Waals surface area contributed by atoms with Crippen LogP contribution in [-0.2, 0) is 4.84 Å². The van der Waals surface area contributed by atoms with Gasteiger partial charge in [-0.15, -0.1) is 0 Å². The number of hydroxylamine groups is 1. The molecule has 0 aromatic heterocycles. The molecule has 0 fully saturated rings. The van der Waals surface area contributed by atoms with Crippen molar-refractivity contribution in [1.29, 1.82) is 5.26 Å². The van der Waals surface area contributed by atoms with Gasteiger partial charge < -0.3 is 9.47 Å². The molecule has 1 aromatic rings. The zero-order chi connectivity index (χ0) is 16.2. The van der Waals surface area contributed by atoms with Crippen molar-refractivity contribution in [2.24, 2.45) is 0 Å². The molecule has 0 saturated carbocycles. The number of ether oxygens (including phenoxy) is 2. The molecule has 118 valence electrons. The van der Waals surface area contributed by atoms with Crippen molar-refractivity contribution >= 4 is 5.70 Å². The van der Waals surface area contributed by atoms with Gasteiger partial charge >= 0.3 is 6.61 Å². The molecule has 0 aliphatic carbocycles. The minimum atomic E-state index is -2.93. The first kappa shape index (κ1) is 16.0. The highest BCUT2D eigenvalue weighted by molar-refractivity contribution is 5.69. The zero-order valence-corrected chi connectivity index (χ0v) is 12.2. The van der Waals surface area contributed by atoms with E-state index in [2.05, 4.69) is 10.2 Å². The average Bonchev–Trinajstić information content (AvgIpc) is 2.89. The Labute approximate surface area is 127 Å². The van der Waals surface area contributed by atoms with Crippen molar-refractivity contribution in [3.8, 4) is 17.6 Å². The molecule has 7 heteroatoms. The Hall–Kier alpha value is -2.33. The summed E-state index contributed by atoms with van der Waals surface area (Å²) in [4.78, 5) is 5.18. The maximum Gasteiger partial charge on any atom is 0.387 e. The van der Waals surface area contributed by atoms with Crippen LogP contribution in [0.2, 0.25) is 0 Å². The van der Waals surface area contributed by atoms with Gasteiger partial charge in [-0.3, -0.25) is 10.3 Å². The molecule has 1 N–H and O–H groups in total. The van der Waals surface area contributed by atoms with Crippen LogP contribution in [0.25, 0.3) is 5.70 Å². The highest BCUT2D eigenvalue weighted by Gasteiger charge is 2.30. The van der Waals surface area contributed by atoms with Gasteiger partial charge in [-0.1, -0.05) is 6.92 Å². The number of hydrogen-bond donors (Lipinski definition) is 1. The summed E-state index contributed by atoms with van der Waals surface area (Å²) in [5.74, 6) is 0.183. The molecule has 1 unspecified atom stereocenters. The van der Waals surface area contributed by atoms with Crippen LogP contribution in [0.5, 0.6) is 11.5 Å². The van der Waals surface area contributed by atoms with Gasteiger partial charge in [0.05, 0.1) is 12.3 Å². The Bertz CT molecular complexity index is 613. The number of rotatable bonds is 6. The first-order valence-corrected chi connectivity index (χ1v) is 6.77. The molecular weight excluding hydrogens is 294 g/mol. The second-order valence-corrected chi connectivity index (χ2v) is 4.87. The molecular formula is C15H16F2N2O3. The number of nitriles is 1. The maximum absolute atomic E-state index is 12.4. The van der Waals surface area contributed by atoms with Crippen molar-refractivity contribution < 1.29 is 23.1 Å². The SMILES string of the molecule is CCCOc1cc(C2=CC(C)(C#N)ON2)ccc1OC(F)F. The van der Waals surface area contributed by atoms with Crippen LogP contribution in [-0.4, -0.2) is 18.8 Å². The van der Waals surface area contributed by atoms with Crippen molar-refractivity contribution in [1.82, 2.24) is 5.48 Å². The molecule has 1 heterocycles. The van der Waals surface area contributed by atoms with E-state index in [1.807, 2.05) is 13.0 Å². The predicted octanol–water partition coefficient (Wildman–Crippen LogP) is 3.23. The minimum Gasteiger partial charge on any atom is -0.490 e. The van der Waals surface area contributed by atoms with Crippen molar-refractivity contribution in [2.75, 3.05) is 6.61 Å². The van der Waals surface area contributed by atoms with Crippen LogP contribution in [0, 0.1) is 11.3 Å². The number of halogens is 2. The largest absolute Gasteiger partial charge is 0.490 e. The van der Waals surface area contributed by atoms with E-state index in [9.17, 15) is 8.78 Å². The van der Waals surface area contributed by atoms with Crippen LogP contribution >= 0.6 is 0 Å². The molecule has 1 aromatic carbocycles. The topological polar surface area (TPSA) is 63.5 Å². The van der Waals surface area contributed by atoms with Crippen LogP contribution in [0.4, 0.5) is 8.78 Å². The Morgan fingerprint density at radius 2 is 2.18 bits per heavy atom. The number of alkyl halides is 2. The monoisotopic (exact) mass is 310 g/mol. The third-order valence-electron chi connectivity index (χ3n) is 2.95. The fraction of sp³-hybridized carbons (Fsp3) is 0.400. The minimum absolute atomic E-state index is 0.0326. The fourth-order valence-electron chi connectivity index (χ4n) is 1.89. The highest BCUT2D eigenvalue weighted by atomic mass is 19.3. The smallest absolute Gasteiger partial charge is 0.387 e. The first-order chi connectivity index (χ1) is 10.5. The molecule has 0 spiro atoms. The van der Waals surface area contributed by atoms with Crippen LogP contribution in [0.1, 0.15) is 25.8 Å². The summed E-state index contributed by atoms with van der Waals surface area (Å²) in [6.45, 7) is 0.964. The summed E-state index contributed by atoms with van der Waals surface area (Å²) >= 11 is 0. The lowest BCUT2D eigenvalue weighted by Gasteiger charge is -2.13. The summed E-state index contributed by atoms with van der Waals surface area (Å²) in [6.07, 6.45) is 2.34. The van der Waals surface area contributed by atoms with Gasteiger partial charge in [-0.05, 0) is 37.6 Å². The summed E-state index contributed by atoms with van der Waals surface area (Å²) in [7, 11) is 0. The molecule has 5 nitrogen and oxygen atoms in total. The van der Waals surface area contributed by atoms with E-state index in [1.165, 1.54) is 6.07 Å². The Morgan fingerprint density at radius 3 is 2.77 bits per heavy atom. The van der Waals surface area contributed by atoms with Crippen LogP contribution in [0.3, 0.4) is 0 Å². The summed E-state index contributed by atoms with van der Waals surface area (Å²) in [5.41, 5.74) is 2.79. The fourth-order valence-corrected chi connectivity index (χ4v) is 1.89. The highest BCUT2D eigenvalue weighted by Crippen LogP contribution is 2.34. The summed E-state index contributed by atoms with van der Waals surface area (Å²) in [5, 5.41) is 9.02. The Balaban J connectivity index is 2.31. The van der Waals surface area contributed by atoms with E-state index in [0.717, 1.165) is 6.42 Å². The average molecular weight is 310 g/mol. The third kappa shape index (κ3) is 3.65. The third-order valence-corrected chi connectivity index (χ3v) is 2.95. The Kier molecular flexibility index (Phi) is 4.83. The normalized spacial score (nSPS) is 20.3. The number of nitrogens with one attached hydrogen (secondary N) is 1. The second-order valence-electron chi connectivity index (χ2n) is 4.87. The van der Waals surface area contributed by atoms with E-state index < -0.39 is 12.2 Å². The van der Waals surface area contributed by atoms with Gasteiger partial charge in [0.15, 0.2) is 17.1 Å². The molecule has 0 radical (unpaired) electrons. The van der Waals surface area contributed by atoms with Gasteiger partial charge in [0, 0.05) is 5.56 Å². The molecule has 1 atom stereocenters. The first-order valence-electron chi connectivity index (χ1n) is 6.77.